The van der Waals surface area contributed by atoms with Gasteiger partial charge in [0, 0.05) is 0 Å². The molecule has 0 aliphatic carbocycles. The van der Waals surface area contributed by atoms with Crippen LogP contribution in [0.2, 0.25) is 0 Å². The van der Waals surface area contributed by atoms with Crippen LogP contribution < -0.4 is 15.6 Å². The van der Waals surface area contributed by atoms with E-state index in [9.17, 15) is 9.59 Å². The predicted octanol–water partition coefficient (Wildman–Crippen LogP) is 3.61. The summed E-state index contributed by atoms with van der Waals surface area (Å²) in [7, 11) is 1.58. The average Bonchev–Trinajstić information content (AvgIpc) is 3.49. The minimum atomic E-state index is -0.456. The maximum atomic E-state index is 12.9. The monoisotopic (exact) mass is 432 g/mol. The summed E-state index contributed by atoms with van der Waals surface area (Å²) in [6, 6.07) is 22.1. The molecule has 156 valence electrons. The van der Waals surface area contributed by atoms with Crippen molar-refractivity contribution in [2.24, 2.45) is 0 Å². The van der Waals surface area contributed by atoms with Crippen LogP contribution in [0.25, 0.3) is 16.3 Å². The van der Waals surface area contributed by atoms with E-state index in [-0.39, 0.29) is 12.3 Å². The second-order valence-corrected chi connectivity index (χ2v) is 7.61. The van der Waals surface area contributed by atoms with Crippen molar-refractivity contribution in [2.45, 2.75) is 6.42 Å². The fourth-order valence-corrected chi connectivity index (χ4v) is 3.70. The molecule has 0 saturated heterocycles. The van der Waals surface area contributed by atoms with Crippen molar-refractivity contribution < 1.29 is 14.3 Å². The van der Waals surface area contributed by atoms with Crippen LogP contribution in [0.4, 0.5) is 0 Å². The third-order valence-corrected chi connectivity index (χ3v) is 5.45. The maximum absolute atomic E-state index is 12.9. The molecule has 0 aliphatic heterocycles. The molecule has 2 aromatic carbocycles. The predicted molar refractivity (Wildman–Crippen MR) is 119 cm³/mol. The van der Waals surface area contributed by atoms with Crippen molar-refractivity contribution in [3.05, 3.63) is 89.4 Å². The molecule has 4 aromatic rings. The van der Waals surface area contributed by atoms with E-state index < -0.39 is 5.91 Å². The van der Waals surface area contributed by atoms with E-state index >= 15 is 0 Å². The number of carbonyl (C=O) groups is 2. The van der Waals surface area contributed by atoms with E-state index in [1.807, 2.05) is 47.8 Å². The minimum Gasteiger partial charge on any atom is -0.497 e. The van der Waals surface area contributed by atoms with Crippen LogP contribution >= 0.6 is 11.3 Å². The number of benzene rings is 2. The summed E-state index contributed by atoms with van der Waals surface area (Å²) in [6.07, 6.45) is 0.128. The Bertz CT molecular complexity index is 1170. The van der Waals surface area contributed by atoms with Crippen LogP contribution in [0.1, 0.15) is 16.1 Å². The van der Waals surface area contributed by atoms with Gasteiger partial charge >= 0.3 is 0 Å². The van der Waals surface area contributed by atoms with E-state index in [1.54, 1.807) is 53.5 Å². The number of nitrogens with one attached hydrogen (secondary N) is 2. The Labute approximate surface area is 183 Å². The Kier molecular flexibility index (Phi) is 6.09. The van der Waals surface area contributed by atoms with Gasteiger partial charge in [-0.15, -0.1) is 11.3 Å². The van der Waals surface area contributed by atoms with Crippen molar-refractivity contribution in [1.29, 1.82) is 0 Å². The molecule has 2 N–H and O–H groups in total. The number of hydrogen-bond acceptors (Lipinski definition) is 5. The van der Waals surface area contributed by atoms with E-state index in [0.717, 1.165) is 16.1 Å². The molecule has 2 aromatic heterocycles. The number of thiophene rings is 1. The quantitative estimate of drug-likeness (QED) is 0.456. The van der Waals surface area contributed by atoms with Crippen LogP contribution in [0.3, 0.4) is 0 Å². The summed E-state index contributed by atoms with van der Waals surface area (Å²) in [6.45, 7) is 0. The lowest BCUT2D eigenvalue weighted by Crippen LogP contribution is -2.43. The van der Waals surface area contributed by atoms with Gasteiger partial charge in [-0.1, -0.05) is 36.4 Å². The molecule has 0 saturated carbocycles. The third kappa shape index (κ3) is 4.81. The Morgan fingerprint density at radius 1 is 1.00 bits per heavy atom. The number of amides is 2. The Morgan fingerprint density at radius 2 is 1.77 bits per heavy atom. The van der Waals surface area contributed by atoms with Crippen molar-refractivity contribution in [3.8, 4) is 22.0 Å². The molecule has 0 atom stereocenters. The van der Waals surface area contributed by atoms with Gasteiger partial charge in [-0.05, 0) is 47.3 Å². The number of carbonyl (C=O) groups excluding carboxylic acids is 2. The van der Waals surface area contributed by atoms with Crippen LogP contribution in [0, 0.1) is 0 Å². The largest absolute Gasteiger partial charge is 0.497 e. The molecular weight excluding hydrogens is 412 g/mol. The van der Waals surface area contributed by atoms with Gasteiger partial charge in [0.1, 0.15) is 17.1 Å². The lowest BCUT2D eigenvalue weighted by atomic mass is 10.1. The molecule has 0 radical (unpaired) electrons. The van der Waals surface area contributed by atoms with Gasteiger partial charge in [0.2, 0.25) is 5.91 Å². The van der Waals surface area contributed by atoms with E-state index in [1.165, 1.54) is 0 Å². The molecule has 0 unspecified atom stereocenters. The fraction of sp³-hybridized carbons (Fsp3) is 0.0870. The minimum absolute atomic E-state index is 0.128. The maximum Gasteiger partial charge on any atom is 0.288 e. The highest BCUT2D eigenvalue weighted by atomic mass is 32.1. The zero-order chi connectivity index (χ0) is 21.6. The average molecular weight is 433 g/mol. The number of hydrazine groups is 1. The molecule has 7 nitrogen and oxygen atoms in total. The molecule has 0 spiro atoms. The first kappa shape index (κ1) is 20.4. The molecule has 8 heteroatoms. The highest BCUT2D eigenvalue weighted by molar-refractivity contribution is 7.13. The number of aromatic nitrogens is 2. The first-order chi connectivity index (χ1) is 15.1. The third-order valence-electron chi connectivity index (χ3n) is 4.56. The van der Waals surface area contributed by atoms with Gasteiger partial charge in [-0.25, -0.2) is 4.68 Å². The van der Waals surface area contributed by atoms with Crippen LogP contribution in [-0.2, 0) is 11.2 Å². The van der Waals surface area contributed by atoms with Crippen LogP contribution in [0.5, 0.6) is 5.75 Å². The number of nitrogens with zero attached hydrogens (tertiary/aromatic N) is 2. The molecule has 0 bridgehead atoms. The summed E-state index contributed by atoms with van der Waals surface area (Å²) in [5.74, 6) is -0.0711. The molecule has 4 rings (SSSR count). The van der Waals surface area contributed by atoms with Gasteiger partial charge in [0.25, 0.3) is 5.91 Å². The second kappa shape index (κ2) is 9.27. The molecule has 2 heterocycles. The summed E-state index contributed by atoms with van der Waals surface area (Å²) >= 11 is 1.54. The summed E-state index contributed by atoms with van der Waals surface area (Å²) in [4.78, 5) is 26.1. The van der Waals surface area contributed by atoms with Crippen LogP contribution in [-0.4, -0.2) is 28.7 Å². The highest BCUT2D eigenvalue weighted by Gasteiger charge is 2.18. The molecule has 2 amide bonds. The summed E-state index contributed by atoms with van der Waals surface area (Å²) in [5, 5.41) is 6.55. The summed E-state index contributed by atoms with van der Waals surface area (Å²) in [5.41, 5.74) is 7.53. The van der Waals surface area contributed by atoms with E-state index in [2.05, 4.69) is 16.0 Å². The number of para-hydroxylation sites is 1. The lowest BCUT2D eigenvalue weighted by molar-refractivity contribution is -0.121. The molecule has 0 aliphatic rings. The number of hydrogen-bond donors (Lipinski definition) is 2. The lowest BCUT2D eigenvalue weighted by Gasteiger charge is -2.09. The van der Waals surface area contributed by atoms with E-state index in [0.29, 0.717) is 17.1 Å². The first-order valence-corrected chi connectivity index (χ1v) is 10.4. The number of methoxy groups -OCH3 is 1. The van der Waals surface area contributed by atoms with Crippen molar-refractivity contribution in [1.82, 2.24) is 20.6 Å². The van der Waals surface area contributed by atoms with Gasteiger partial charge in [0.15, 0.2) is 0 Å². The normalized spacial score (nSPS) is 10.5. The Morgan fingerprint density at radius 3 is 2.45 bits per heavy atom. The summed E-state index contributed by atoms with van der Waals surface area (Å²) < 4.78 is 6.68. The highest BCUT2D eigenvalue weighted by Crippen LogP contribution is 2.25. The van der Waals surface area contributed by atoms with E-state index in [4.69, 9.17) is 4.74 Å². The van der Waals surface area contributed by atoms with Gasteiger partial charge in [-0.3, -0.25) is 20.4 Å². The molecule has 31 heavy (non-hydrogen) atoms. The smallest absolute Gasteiger partial charge is 0.288 e. The first-order valence-electron chi connectivity index (χ1n) is 9.55. The van der Waals surface area contributed by atoms with Gasteiger partial charge in [-0.2, -0.15) is 5.10 Å². The van der Waals surface area contributed by atoms with Gasteiger partial charge < -0.3 is 4.74 Å². The Balaban J connectivity index is 1.48. The number of ether oxygens (including phenoxy) is 1. The zero-order valence-corrected chi connectivity index (χ0v) is 17.6. The van der Waals surface area contributed by atoms with Gasteiger partial charge in [0.05, 0.1) is 24.1 Å². The zero-order valence-electron chi connectivity index (χ0n) is 16.7. The standard InChI is InChI=1S/C23H20N4O3S/c1-30-18-11-9-16(10-12-18)14-22(28)24-25-23(29)20-15-19(21-8-5-13-31-21)26-27(20)17-6-3-2-4-7-17/h2-13,15H,14H2,1H3,(H,24,28)(H,25,29). The van der Waals surface area contributed by atoms with Crippen molar-refractivity contribution in [2.75, 3.05) is 7.11 Å². The topological polar surface area (TPSA) is 85.2 Å². The fourth-order valence-electron chi connectivity index (χ4n) is 3.02. The van der Waals surface area contributed by atoms with Crippen molar-refractivity contribution in [3.63, 3.8) is 0 Å². The second-order valence-electron chi connectivity index (χ2n) is 6.67. The molecule has 0 fully saturated rings. The van der Waals surface area contributed by atoms with Crippen molar-refractivity contribution >= 4 is 23.2 Å². The SMILES string of the molecule is COc1ccc(CC(=O)NNC(=O)c2cc(-c3cccs3)nn2-c2ccccc2)cc1. The number of rotatable bonds is 6. The molecular formula is C23H20N4O3S. The Hall–Kier alpha value is -3.91. The van der Waals surface area contributed by atoms with Crippen LogP contribution in [0.15, 0.2) is 78.2 Å².